The van der Waals surface area contributed by atoms with Gasteiger partial charge in [-0.2, -0.15) is 5.10 Å². The van der Waals surface area contributed by atoms with Gasteiger partial charge in [0.25, 0.3) is 0 Å². The highest BCUT2D eigenvalue weighted by molar-refractivity contribution is 5.23. The lowest BCUT2D eigenvalue weighted by Crippen LogP contribution is -2.23. The van der Waals surface area contributed by atoms with Crippen molar-refractivity contribution in [2.75, 3.05) is 6.54 Å². The largest absolute Gasteiger partial charge is 0.305 e. The van der Waals surface area contributed by atoms with E-state index in [1.54, 1.807) is 6.20 Å². The van der Waals surface area contributed by atoms with E-state index in [0.717, 1.165) is 30.2 Å². The summed E-state index contributed by atoms with van der Waals surface area (Å²) in [4.78, 5) is 8.63. The first-order valence-corrected chi connectivity index (χ1v) is 6.29. The van der Waals surface area contributed by atoms with Crippen LogP contribution in [-0.2, 0) is 6.54 Å². The summed E-state index contributed by atoms with van der Waals surface area (Å²) in [6.07, 6.45) is 5.76. The van der Waals surface area contributed by atoms with E-state index in [4.69, 9.17) is 0 Å². The fourth-order valence-corrected chi connectivity index (χ4v) is 1.93. The molecule has 1 unspecified atom stereocenters. The van der Waals surface area contributed by atoms with Crippen molar-refractivity contribution < 1.29 is 0 Å². The van der Waals surface area contributed by atoms with Crippen LogP contribution in [0, 0.1) is 6.92 Å². The van der Waals surface area contributed by atoms with Gasteiger partial charge in [0, 0.05) is 24.5 Å². The van der Waals surface area contributed by atoms with Crippen molar-refractivity contribution in [2.45, 2.75) is 33.4 Å². The SMILES string of the molecule is CCNC(c1cnn(CC)c1)c1ccnc(C)n1. The molecular formula is C13H19N5. The van der Waals surface area contributed by atoms with E-state index in [1.165, 1.54) is 0 Å². The topological polar surface area (TPSA) is 55.6 Å². The molecule has 1 atom stereocenters. The molecule has 2 rings (SSSR count). The Balaban J connectivity index is 2.33. The molecule has 0 aliphatic rings. The molecule has 0 aromatic carbocycles. The molecule has 2 aromatic rings. The molecule has 96 valence electrons. The standard InChI is InChI=1S/C13H19N5/c1-4-14-13(11-8-16-18(5-2)9-11)12-6-7-15-10(3)17-12/h6-9,13-14H,4-5H2,1-3H3. The summed E-state index contributed by atoms with van der Waals surface area (Å²) in [7, 11) is 0. The van der Waals surface area contributed by atoms with Crippen LogP contribution in [-0.4, -0.2) is 26.3 Å². The van der Waals surface area contributed by atoms with Crippen LogP contribution >= 0.6 is 0 Å². The summed E-state index contributed by atoms with van der Waals surface area (Å²) in [5.74, 6) is 0.790. The highest BCUT2D eigenvalue weighted by atomic mass is 15.3. The molecule has 5 nitrogen and oxygen atoms in total. The molecule has 2 aromatic heterocycles. The van der Waals surface area contributed by atoms with Crippen LogP contribution in [0.2, 0.25) is 0 Å². The van der Waals surface area contributed by atoms with Crippen LogP contribution < -0.4 is 5.32 Å². The van der Waals surface area contributed by atoms with E-state index >= 15 is 0 Å². The summed E-state index contributed by atoms with van der Waals surface area (Å²) in [6.45, 7) is 7.83. The Morgan fingerprint density at radius 2 is 2.22 bits per heavy atom. The first-order valence-electron chi connectivity index (χ1n) is 6.29. The maximum absolute atomic E-state index is 4.49. The van der Waals surface area contributed by atoms with E-state index < -0.39 is 0 Å². The Bertz CT molecular complexity index is 506. The molecule has 0 saturated heterocycles. The average molecular weight is 245 g/mol. The van der Waals surface area contributed by atoms with Gasteiger partial charge < -0.3 is 5.32 Å². The van der Waals surface area contributed by atoms with E-state index in [-0.39, 0.29) is 6.04 Å². The number of aromatic nitrogens is 4. The van der Waals surface area contributed by atoms with Crippen molar-refractivity contribution >= 4 is 0 Å². The highest BCUT2D eigenvalue weighted by Gasteiger charge is 2.16. The monoisotopic (exact) mass is 245 g/mol. The van der Waals surface area contributed by atoms with Crippen molar-refractivity contribution in [3.05, 3.63) is 41.7 Å². The fourth-order valence-electron chi connectivity index (χ4n) is 1.93. The molecule has 18 heavy (non-hydrogen) atoms. The molecule has 2 heterocycles. The number of hydrogen-bond donors (Lipinski definition) is 1. The van der Waals surface area contributed by atoms with E-state index in [0.29, 0.717) is 0 Å². The zero-order chi connectivity index (χ0) is 13.0. The number of rotatable bonds is 5. The third-order valence-corrected chi connectivity index (χ3v) is 2.81. The molecule has 0 bridgehead atoms. The maximum Gasteiger partial charge on any atom is 0.125 e. The zero-order valence-corrected chi connectivity index (χ0v) is 11.1. The number of hydrogen-bond acceptors (Lipinski definition) is 4. The van der Waals surface area contributed by atoms with Crippen molar-refractivity contribution in [2.24, 2.45) is 0 Å². The number of nitrogens with zero attached hydrogens (tertiary/aromatic N) is 4. The van der Waals surface area contributed by atoms with Gasteiger partial charge in [-0.1, -0.05) is 6.92 Å². The van der Waals surface area contributed by atoms with Crippen LogP contribution in [0.4, 0.5) is 0 Å². The van der Waals surface area contributed by atoms with Gasteiger partial charge >= 0.3 is 0 Å². The van der Waals surface area contributed by atoms with Gasteiger partial charge in [-0.15, -0.1) is 0 Å². The van der Waals surface area contributed by atoms with Crippen LogP contribution in [0.1, 0.15) is 37.0 Å². The van der Waals surface area contributed by atoms with Gasteiger partial charge in [0.05, 0.1) is 17.9 Å². The minimum absolute atomic E-state index is 0.0806. The van der Waals surface area contributed by atoms with Crippen LogP contribution in [0.3, 0.4) is 0 Å². The molecular weight excluding hydrogens is 226 g/mol. The minimum Gasteiger partial charge on any atom is -0.305 e. The Morgan fingerprint density at radius 3 is 2.83 bits per heavy atom. The van der Waals surface area contributed by atoms with Crippen LogP contribution in [0.15, 0.2) is 24.7 Å². The number of nitrogens with one attached hydrogen (secondary N) is 1. The zero-order valence-electron chi connectivity index (χ0n) is 11.1. The van der Waals surface area contributed by atoms with Gasteiger partial charge in [-0.3, -0.25) is 4.68 Å². The fraction of sp³-hybridized carbons (Fsp3) is 0.462. The third-order valence-electron chi connectivity index (χ3n) is 2.81. The molecule has 0 fully saturated rings. The second-order valence-corrected chi connectivity index (χ2v) is 4.15. The van der Waals surface area contributed by atoms with Gasteiger partial charge in [0.1, 0.15) is 5.82 Å². The molecule has 0 aliphatic heterocycles. The predicted molar refractivity (Wildman–Crippen MR) is 70.2 cm³/mol. The number of aryl methyl sites for hydroxylation is 2. The van der Waals surface area contributed by atoms with Crippen molar-refractivity contribution in [1.29, 1.82) is 0 Å². The maximum atomic E-state index is 4.49. The quantitative estimate of drug-likeness (QED) is 0.871. The van der Waals surface area contributed by atoms with E-state index in [9.17, 15) is 0 Å². The predicted octanol–water partition coefficient (Wildman–Crippen LogP) is 1.70. The first kappa shape index (κ1) is 12.7. The Morgan fingerprint density at radius 1 is 1.39 bits per heavy atom. The smallest absolute Gasteiger partial charge is 0.125 e. The minimum atomic E-state index is 0.0806. The average Bonchev–Trinajstić information content (AvgIpc) is 2.84. The van der Waals surface area contributed by atoms with Gasteiger partial charge in [-0.05, 0) is 26.5 Å². The Hall–Kier alpha value is -1.75. The molecule has 0 radical (unpaired) electrons. The van der Waals surface area contributed by atoms with Crippen LogP contribution in [0.5, 0.6) is 0 Å². The second-order valence-electron chi connectivity index (χ2n) is 4.15. The molecule has 5 heteroatoms. The molecule has 0 spiro atoms. The van der Waals surface area contributed by atoms with Crippen molar-refractivity contribution in [1.82, 2.24) is 25.1 Å². The van der Waals surface area contributed by atoms with Crippen molar-refractivity contribution in [3.63, 3.8) is 0 Å². The molecule has 0 saturated carbocycles. The summed E-state index contributed by atoms with van der Waals surface area (Å²) >= 11 is 0. The van der Waals surface area contributed by atoms with Gasteiger partial charge in [0.15, 0.2) is 0 Å². The molecule has 0 aliphatic carbocycles. The van der Waals surface area contributed by atoms with Gasteiger partial charge in [0.2, 0.25) is 0 Å². The summed E-state index contributed by atoms with van der Waals surface area (Å²) in [5, 5.41) is 7.76. The lowest BCUT2D eigenvalue weighted by atomic mass is 10.1. The summed E-state index contributed by atoms with van der Waals surface area (Å²) in [5.41, 5.74) is 2.12. The van der Waals surface area contributed by atoms with E-state index in [2.05, 4.69) is 40.4 Å². The van der Waals surface area contributed by atoms with Crippen molar-refractivity contribution in [3.8, 4) is 0 Å². The summed E-state index contributed by atoms with van der Waals surface area (Å²) in [6, 6.07) is 2.03. The Kier molecular flexibility index (Phi) is 4.04. The summed E-state index contributed by atoms with van der Waals surface area (Å²) < 4.78 is 1.92. The first-order chi connectivity index (χ1) is 8.74. The normalized spacial score (nSPS) is 12.6. The molecule has 0 amide bonds. The highest BCUT2D eigenvalue weighted by Crippen LogP contribution is 2.19. The van der Waals surface area contributed by atoms with E-state index in [1.807, 2.05) is 23.9 Å². The second kappa shape index (κ2) is 5.73. The lowest BCUT2D eigenvalue weighted by molar-refractivity contribution is 0.608. The third kappa shape index (κ3) is 2.73. The van der Waals surface area contributed by atoms with Crippen LogP contribution in [0.25, 0.3) is 0 Å². The van der Waals surface area contributed by atoms with Gasteiger partial charge in [-0.25, -0.2) is 9.97 Å². The Labute approximate surface area is 107 Å². The lowest BCUT2D eigenvalue weighted by Gasteiger charge is -2.15. The molecule has 1 N–H and O–H groups in total.